The fraction of sp³-hybridized carbons (Fsp3) is 0.136. The monoisotopic (exact) mass is 406 g/mol. The zero-order valence-corrected chi connectivity index (χ0v) is 16.4. The Balaban J connectivity index is 1.55. The van der Waals surface area contributed by atoms with Gasteiger partial charge in [-0.25, -0.2) is 0 Å². The van der Waals surface area contributed by atoms with Crippen molar-refractivity contribution < 1.29 is 19.1 Å². The number of carbonyl (C=O) groups excluding carboxylic acids is 3. The van der Waals surface area contributed by atoms with Gasteiger partial charge in [0, 0.05) is 12.4 Å². The third-order valence-corrected chi connectivity index (χ3v) is 4.19. The minimum absolute atomic E-state index is 0.307. The minimum Gasteiger partial charge on any atom is -0.493 e. The molecule has 3 rings (SSSR count). The molecule has 0 atom stereocenters. The molecule has 0 bridgehead atoms. The smallest absolute Gasteiger partial charge is 0.271 e. The van der Waals surface area contributed by atoms with Gasteiger partial charge in [0.05, 0.1) is 30.0 Å². The molecule has 3 aromatic rings. The zero-order chi connectivity index (χ0) is 21.3. The van der Waals surface area contributed by atoms with E-state index >= 15 is 0 Å². The highest BCUT2D eigenvalue weighted by Crippen LogP contribution is 2.17. The molecule has 8 heteroatoms. The Morgan fingerprint density at radius 3 is 2.23 bits per heavy atom. The second-order valence-electron chi connectivity index (χ2n) is 6.22. The molecule has 8 nitrogen and oxygen atoms in total. The molecule has 0 unspecified atom stereocenters. The van der Waals surface area contributed by atoms with Crippen LogP contribution >= 0.6 is 0 Å². The van der Waals surface area contributed by atoms with Gasteiger partial charge >= 0.3 is 0 Å². The van der Waals surface area contributed by atoms with Crippen LogP contribution in [0.4, 0.5) is 0 Å². The number of aromatic nitrogens is 1. The van der Waals surface area contributed by atoms with Crippen LogP contribution in [0, 0.1) is 0 Å². The third kappa shape index (κ3) is 5.05. The average Bonchev–Trinajstić information content (AvgIpc) is 3.31. The van der Waals surface area contributed by atoms with Crippen LogP contribution in [-0.2, 0) is 4.79 Å². The van der Waals surface area contributed by atoms with Crippen LogP contribution in [0.15, 0.2) is 73.1 Å². The number of nitrogens with one attached hydrogen (secondary N) is 3. The van der Waals surface area contributed by atoms with Crippen LogP contribution in [0.2, 0.25) is 0 Å². The summed E-state index contributed by atoms with van der Waals surface area (Å²) in [6, 6.07) is 17.5. The number of amides is 3. The fourth-order valence-corrected chi connectivity index (χ4v) is 2.82. The predicted octanol–water partition coefficient (Wildman–Crippen LogP) is 2.07. The summed E-state index contributed by atoms with van der Waals surface area (Å²) in [4.78, 5) is 36.9. The first-order chi connectivity index (χ1) is 14.6. The molecule has 0 saturated heterocycles. The van der Waals surface area contributed by atoms with Gasteiger partial charge in [-0.2, -0.15) is 0 Å². The molecule has 154 valence electrons. The molecular weight excluding hydrogens is 384 g/mol. The largest absolute Gasteiger partial charge is 0.493 e. The van der Waals surface area contributed by atoms with E-state index in [1.54, 1.807) is 47.0 Å². The van der Waals surface area contributed by atoms with Crippen LogP contribution in [0.3, 0.4) is 0 Å². The maximum Gasteiger partial charge on any atom is 0.271 e. The lowest BCUT2D eigenvalue weighted by Crippen LogP contribution is -2.46. The summed E-state index contributed by atoms with van der Waals surface area (Å²) in [5.41, 5.74) is 6.07. The summed E-state index contributed by atoms with van der Waals surface area (Å²) in [6.45, 7) is 1.93. The lowest BCUT2D eigenvalue weighted by molar-refractivity contribution is -0.120. The Labute approximate surface area is 173 Å². The van der Waals surface area contributed by atoms with Crippen molar-refractivity contribution in [3.8, 4) is 11.4 Å². The summed E-state index contributed by atoms with van der Waals surface area (Å²) in [5.74, 6) is -1.05. The maximum absolute atomic E-state index is 12.5. The van der Waals surface area contributed by atoms with E-state index in [4.69, 9.17) is 4.74 Å². The molecule has 0 fully saturated rings. The highest BCUT2D eigenvalue weighted by atomic mass is 16.5. The van der Waals surface area contributed by atoms with E-state index in [1.165, 1.54) is 0 Å². The lowest BCUT2D eigenvalue weighted by Gasteiger charge is -2.13. The zero-order valence-electron chi connectivity index (χ0n) is 16.4. The van der Waals surface area contributed by atoms with Gasteiger partial charge in [-0.1, -0.05) is 24.3 Å². The molecule has 0 aliphatic heterocycles. The molecule has 2 aromatic carbocycles. The minimum atomic E-state index is -0.566. The van der Waals surface area contributed by atoms with Crippen molar-refractivity contribution >= 4 is 17.7 Å². The van der Waals surface area contributed by atoms with Crippen molar-refractivity contribution in [1.29, 1.82) is 0 Å². The molecule has 0 radical (unpaired) electrons. The summed E-state index contributed by atoms with van der Waals surface area (Å²) in [6.07, 6.45) is 3.64. The number of carbonyl (C=O) groups is 3. The Hall–Kier alpha value is -4.07. The number of rotatable bonds is 7. The van der Waals surface area contributed by atoms with Gasteiger partial charge in [-0.05, 0) is 43.3 Å². The Morgan fingerprint density at radius 2 is 1.50 bits per heavy atom. The molecule has 0 aliphatic carbocycles. The lowest BCUT2D eigenvalue weighted by atomic mass is 10.1. The Bertz CT molecular complexity index is 1030. The molecule has 0 spiro atoms. The average molecular weight is 406 g/mol. The Kier molecular flexibility index (Phi) is 6.83. The number of hydrogen-bond acceptors (Lipinski definition) is 4. The van der Waals surface area contributed by atoms with Gasteiger partial charge in [-0.3, -0.25) is 25.2 Å². The first-order valence-corrected chi connectivity index (χ1v) is 9.41. The molecule has 0 saturated carbocycles. The molecule has 0 aliphatic rings. The van der Waals surface area contributed by atoms with Crippen molar-refractivity contribution in [3.63, 3.8) is 0 Å². The van der Waals surface area contributed by atoms with Gasteiger partial charge in [0.1, 0.15) is 5.75 Å². The van der Waals surface area contributed by atoms with E-state index in [0.717, 1.165) is 0 Å². The Morgan fingerprint density at radius 1 is 0.833 bits per heavy atom. The summed E-state index contributed by atoms with van der Waals surface area (Å²) >= 11 is 0. The van der Waals surface area contributed by atoms with Crippen molar-refractivity contribution in [3.05, 3.63) is 84.2 Å². The summed E-state index contributed by atoms with van der Waals surface area (Å²) < 4.78 is 7.21. The van der Waals surface area contributed by atoms with E-state index in [9.17, 15) is 14.4 Å². The van der Waals surface area contributed by atoms with Crippen molar-refractivity contribution in [1.82, 2.24) is 20.7 Å². The molecule has 3 N–H and O–H groups in total. The number of hydrogen-bond donors (Lipinski definition) is 3. The van der Waals surface area contributed by atoms with Crippen molar-refractivity contribution in [2.45, 2.75) is 6.92 Å². The van der Waals surface area contributed by atoms with Gasteiger partial charge in [0.15, 0.2) is 0 Å². The summed E-state index contributed by atoms with van der Waals surface area (Å²) in [7, 11) is 0. The number of ether oxygens (including phenoxy) is 1. The van der Waals surface area contributed by atoms with E-state index in [0.29, 0.717) is 29.2 Å². The number of benzene rings is 2. The van der Waals surface area contributed by atoms with Crippen molar-refractivity contribution in [2.24, 2.45) is 0 Å². The number of nitrogens with zero attached hydrogens (tertiary/aromatic N) is 1. The van der Waals surface area contributed by atoms with Gasteiger partial charge in [-0.15, -0.1) is 0 Å². The highest BCUT2D eigenvalue weighted by molar-refractivity contribution is 6.00. The second-order valence-corrected chi connectivity index (χ2v) is 6.22. The number of para-hydroxylation sites is 2. The van der Waals surface area contributed by atoms with Crippen LogP contribution in [0.25, 0.3) is 5.69 Å². The molecule has 30 heavy (non-hydrogen) atoms. The quantitative estimate of drug-likeness (QED) is 0.523. The van der Waals surface area contributed by atoms with E-state index < -0.39 is 17.7 Å². The van der Waals surface area contributed by atoms with Gasteiger partial charge in [0.25, 0.3) is 17.7 Å². The van der Waals surface area contributed by atoms with Crippen LogP contribution < -0.4 is 20.9 Å². The first-order valence-electron chi connectivity index (χ1n) is 9.41. The fourth-order valence-electron chi connectivity index (χ4n) is 2.82. The van der Waals surface area contributed by atoms with E-state index in [-0.39, 0.29) is 6.54 Å². The van der Waals surface area contributed by atoms with E-state index in [2.05, 4.69) is 16.2 Å². The molecule has 1 aromatic heterocycles. The first kappa shape index (κ1) is 20.7. The normalized spacial score (nSPS) is 10.2. The third-order valence-electron chi connectivity index (χ3n) is 4.19. The molecular formula is C22H22N4O4. The summed E-state index contributed by atoms with van der Waals surface area (Å²) in [5, 5.41) is 2.51. The second kappa shape index (κ2) is 9.92. The van der Waals surface area contributed by atoms with Crippen LogP contribution in [-0.4, -0.2) is 35.4 Å². The molecule has 3 amide bonds. The SMILES string of the molecule is CCOc1ccccc1C(=O)NCC(=O)NNC(=O)c1ccccc1-n1cccc1. The van der Waals surface area contributed by atoms with Crippen molar-refractivity contribution in [2.75, 3.05) is 13.2 Å². The van der Waals surface area contributed by atoms with Gasteiger partial charge < -0.3 is 14.6 Å². The maximum atomic E-state index is 12.5. The number of hydrazine groups is 1. The van der Waals surface area contributed by atoms with E-state index in [1.807, 2.05) is 37.5 Å². The van der Waals surface area contributed by atoms with Gasteiger partial charge in [0.2, 0.25) is 0 Å². The molecule has 1 heterocycles. The standard InChI is InChI=1S/C22H22N4O4/c1-2-30-19-12-6-4-10-17(19)21(28)23-15-20(27)24-25-22(29)16-9-3-5-11-18(16)26-13-7-8-14-26/h3-14H,2,15H2,1H3,(H,23,28)(H,24,27)(H,25,29). The topological polar surface area (TPSA) is 101 Å². The highest BCUT2D eigenvalue weighted by Gasteiger charge is 2.15. The van der Waals surface area contributed by atoms with Crippen LogP contribution in [0.5, 0.6) is 5.75 Å². The predicted molar refractivity (Wildman–Crippen MR) is 111 cm³/mol. The van der Waals surface area contributed by atoms with Crippen LogP contribution in [0.1, 0.15) is 27.6 Å².